The summed E-state index contributed by atoms with van der Waals surface area (Å²) in [6.07, 6.45) is 5.21. The van der Waals surface area contributed by atoms with Gasteiger partial charge in [0.2, 0.25) is 0 Å². The molecule has 0 saturated carbocycles. The molecular weight excluding hydrogens is 258 g/mol. The Morgan fingerprint density at radius 1 is 1.42 bits per heavy atom. The molecule has 1 heterocycles. The summed E-state index contributed by atoms with van der Waals surface area (Å²) in [4.78, 5) is 2.59. The molecule has 0 aliphatic carbocycles. The number of hydrogen-bond donors (Lipinski definition) is 2. The van der Waals surface area contributed by atoms with Crippen LogP contribution in [0.3, 0.4) is 0 Å². The molecule has 4 heteroatoms. The van der Waals surface area contributed by atoms with Crippen LogP contribution < -0.4 is 11.1 Å². The molecule has 1 aromatic carbocycles. The lowest BCUT2D eigenvalue weighted by molar-refractivity contribution is 0.160. The van der Waals surface area contributed by atoms with Crippen LogP contribution in [0.15, 0.2) is 18.2 Å². The molecule has 0 spiro atoms. The van der Waals surface area contributed by atoms with Crippen molar-refractivity contribution in [2.24, 2.45) is 0 Å². The summed E-state index contributed by atoms with van der Waals surface area (Å²) >= 11 is 5.97. The van der Waals surface area contributed by atoms with Crippen molar-refractivity contribution in [2.45, 2.75) is 38.6 Å². The molecule has 2 rings (SSSR count). The second-order valence-electron chi connectivity index (χ2n) is 5.39. The fourth-order valence-corrected chi connectivity index (χ4v) is 2.85. The number of nitrogens with two attached hydrogens (primary N) is 1. The lowest BCUT2D eigenvalue weighted by atomic mass is 10.0. The highest BCUT2D eigenvalue weighted by Gasteiger charge is 2.16. The van der Waals surface area contributed by atoms with Gasteiger partial charge in [-0.25, -0.2) is 0 Å². The van der Waals surface area contributed by atoms with E-state index in [9.17, 15) is 0 Å². The molecule has 0 bridgehead atoms. The zero-order valence-electron chi connectivity index (χ0n) is 11.7. The van der Waals surface area contributed by atoms with Crippen LogP contribution in [0.1, 0.15) is 32.6 Å². The monoisotopic (exact) mass is 281 g/mol. The minimum atomic E-state index is 0.723. The van der Waals surface area contributed by atoms with E-state index in [1.54, 1.807) is 0 Å². The Bertz CT molecular complexity index is 408. The van der Waals surface area contributed by atoms with Crippen LogP contribution in [0, 0.1) is 0 Å². The van der Waals surface area contributed by atoms with E-state index < -0.39 is 0 Å². The Balaban J connectivity index is 1.73. The second-order valence-corrected chi connectivity index (χ2v) is 5.83. The first-order chi connectivity index (χ1) is 9.16. The molecule has 0 aromatic heterocycles. The molecule has 1 saturated heterocycles. The van der Waals surface area contributed by atoms with Crippen LogP contribution in [0.4, 0.5) is 11.4 Å². The number of piperidine rings is 1. The third kappa shape index (κ3) is 4.29. The Morgan fingerprint density at radius 2 is 2.26 bits per heavy atom. The fourth-order valence-electron chi connectivity index (χ4n) is 2.68. The number of benzene rings is 1. The van der Waals surface area contributed by atoms with Gasteiger partial charge in [0, 0.05) is 24.2 Å². The van der Waals surface area contributed by atoms with Crippen molar-refractivity contribution in [1.29, 1.82) is 0 Å². The van der Waals surface area contributed by atoms with Crippen LogP contribution in [0.2, 0.25) is 5.02 Å². The topological polar surface area (TPSA) is 41.3 Å². The number of nitrogens with zero attached hydrogens (tertiary/aromatic N) is 1. The van der Waals surface area contributed by atoms with E-state index >= 15 is 0 Å². The minimum Gasteiger partial charge on any atom is -0.397 e. The van der Waals surface area contributed by atoms with Gasteiger partial charge in [-0.15, -0.1) is 0 Å². The number of rotatable bonds is 5. The van der Waals surface area contributed by atoms with Crippen LogP contribution in [-0.4, -0.2) is 30.6 Å². The van der Waals surface area contributed by atoms with Crippen molar-refractivity contribution >= 4 is 23.0 Å². The van der Waals surface area contributed by atoms with E-state index in [1.807, 2.05) is 18.2 Å². The first-order valence-electron chi connectivity index (χ1n) is 7.20. The Morgan fingerprint density at radius 3 is 3.05 bits per heavy atom. The average molecular weight is 282 g/mol. The van der Waals surface area contributed by atoms with Gasteiger partial charge < -0.3 is 16.0 Å². The summed E-state index contributed by atoms with van der Waals surface area (Å²) in [7, 11) is 0. The first-order valence-corrected chi connectivity index (χ1v) is 7.57. The van der Waals surface area contributed by atoms with Crippen molar-refractivity contribution < 1.29 is 0 Å². The summed E-state index contributed by atoms with van der Waals surface area (Å²) in [5, 5.41) is 4.10. The van der Waals surface area contributed by atoms with E-state index in [0.29, 0.717) is 0 Å². The summed E-state index contributed by atoms with van der Waals surface area (Å²) in [6.45, 7) is 5.68. The number of anilines is 2. The van der Waals surface area contributed by atoms with Gasteiger partial charge in [0.25, 0.3) is 0 Å². The van der Waals surface area contributed by atoms with E-state index in [1.165, 1.54) is 25.8 Å². The Kier molecular flexibility index (Phi) is 5.34. The van der Waals surface area contributed by atoms with Gasteiger partial charge >= 0.3 is 0 Å². The number of nitrogens with one attached hydrogen (secondary N) is 1. The van der Waals surface area contributed by atoms with Crippen LogP contribution in [-0.2, 0) is 0 Å². The van der Waals surface area contributed by atoms with Crippen molar-refractivity contribution in [3.8, 4) is 0 Å². The van der Waals surface area contributed by atoms with Crippen molar-refractivity contribution in [3.63, 3.8) is 0 Å². The molecule has 1 atom stereocenters. The molecule has 3 nitrogen and oxygen atoms in total. The number of halogens is 1. The van der Waals surface area contributed by atoms with Gasteiger partial charge in [0.05, 0.1) is 11.4 Å². The van der Waals surface area contributed by atoms with Crippen LogP contribution in [0.5, 0.6) is 0 Å². The quantitative estimate of drug-likeness (QED) is 0.640. The lowest BCUT2D eigenvalue weighted by Crippen LogP contribution is -2.38. The maximum atomic E-state index is 5.97. The summed E-state index contributed by atoms with van der Waals surface area (Å²) in [5.41, 5.74) is 7.61. The van der Waals surface area contributed by atoms with Gasteiger partial charge in [-0.1, -0.05) is 18.0 Å². The number of likely N-dealkylation sites (tertiary alicyclic amines) is 1. The summed E-state index contributed by atoms with van der Waals surface area (Å²) in [5.74, 6) is 0. The Hall–Kier alpha value is -0.930. The van der Waals surface area contributed by atoms with Gasteiger partial charge in [0.1, 0.15) is 0 Å². The van der Waals surface area contributed by atoms with Crippen molar-refractivity contribution in [1.82, 2.24) is 4.90 Å². The predicted octanol–water partition coefficient (Wildman–Crippen LogP) is 3.60. The van der Waals surface area contributed by atoms with Crippen LogP contribution in [0.25, 0.3) is 0 Å². The summed E-state index contributed by atoms with van der Waals surface area (Å²) in [6, 6.07) is 6.29. The Labute approximate surface area is 121 Å². The minimum absolute atomic E-state index is 0.723. The van der Waals surface area contributed by atoms with Gasteiger partial charge in [-0.3, -0.25) is 0 Å². The third-order valence-corrected chi connectivity index (χ3v) is 4.13. The van der Waals surface area contributed by atoms with Crippen molar-refractivity contribution in [2.75, 3.05) is 30.7 Å². The van der Waals surface area contributed by atoms with Gasteiger partial charge in [0.15, 0.2) is 0 Å². The lowest BCUT2D eigenvalue weighted by Gasteiger charge is -2.33. The SMILES string of the molecule is CC1CCCCN1CCCNc1cc(Cl)ccc1N. The third-order valence-electron chi connectivity index (χ3n) is 3.89. The predicted molar refractivity (Wildman–Crippen MR) is 83.9 cm³/mol. The molecule has 3 N–H and O–H groups in total. The fraction of sp³-hybridized carbons (Fsp3) is 0.600. The maximum Gasteiger partial charge on any atom is 0.0588 e. The molecular formula is C15H24ClN3. The van der Waals surface area contributed by atoms with Gasteiger partial charge in [-0.2, -0.15) is 0 Å². The molecule has 1 fully saturated rings. The van der Waals surface area contributed by atoms with E-state index in [0.717, 1.165) is 41.9 Å². The average Bonchev–Trinajstić information content (AvgIpc) is 2.40. The molecule has 0 amide bonds. The highest BCUT2D eigenvalue weighted by molar-refractivity contribution is 6.31. The smallest absolute Gasteiger partial charge is 0.0588 e. The molecule has 1 unspecified atom stereocenters. The van der Waals surface area contributed by atoms with Gasteiger partial charge in [-0.05, 0) is 50.9 Å². The number of nitrogen functional groups attached to an aromatic ring is 1. The zero-order valence-corrected chi connectivity index (χ0v) is 12.4. The highest BCUT2D eigenvalue weighted by Crippen LogP contribution is 2.23. The largest absolute Gasteiger partial charge is 0.397 e. The van der Waals surface area contributed by atoms with Crippen molar-refractivity contribution in [3.05, 3.63) is 23.2 Å². The normalized spacial score (nSPS) is 20.4. The zero-order chi connectivity index (χ0) is 13.7. The van der Waals surface area contributed by atoms with E-state index in [4.69, 9.17) is 17.3 Å². The number of hydrogen-bond acceptors (Lipinski definition) is 3. The molecule has 19 heavy (non-hydrogen) atoms. The molecule has 1 aromatic rings. The summed E-state index contributed by atoms with van der Waals surface area (Å²) < 4.78 is 0. The molecule has 106 valence electrons. The molecule has 1 aliphatic rings. The van der Waals surface area contributed by atoms with E-state index in [2.05, 4.69) is 17.1 Å². The second kappa shape index (κ2) is 7.01. The molecule has 0 radical (unpaired) electrons. The highest BCUT2D eigenvalue weighted by atomic mass is 35.5. The first kappa shape index (κ1) is 14.5. The maximum absolute atomic E-state index is 5.97. The van der Waals surface area contributed by atoms with Crippen LogP contribution >= 0.6 is 11.6 Å². The molecule has 1 aliphatic heterocycles. The van der Waals surface area contributed by atoms with E-state index in [-0.39, 0.29) is 0 Å². The standard InChI is InChI=1S/C15H24ClN3/c1-12-5-2-3-9-19(12)10-4-8-18-15-11-13(16)6-7-14(15)17/h6-7,11-12,18H,2-5,8-10,17H2,1H3.